The maximum Gasteiger partial charge on any atom is 0.396 e. The van der Waals surface area contributed by atoms with Gasteiger partial charge in [-0.05, 0) is 48.4 Å². The maximum absolute atomic E-state index is 13.9. The summed E-state index contributed by atoms with van der Waals surface area (Å²) in [7, 11) is 0. The van der Waals surface area contributed by atoms with Crippen molar-refractivity contribution in [1.29, 1.82) is 0 Å². The highest BCUT2D eigenvalue weighted by atomic mass is 19.4. The Morgan fingerprint density at radius 2 is 1.86 bits per heavy atom. The van der Waals surface area contributed by atoms with Crippen LogP contribution < -0.4 is 0 Å². The van der Waals surface area contributed by atoms with Crippen LogP contribution in [0.1, 0.15) is 29.7 Å². The van der Waals surface area contributed by atoms with Crippen LogP contribution >= 0.6 is 0 Å². The topological polar surface area (TPSA) is 4.93 Å². The van der Waals surface area contributed by atoms with Crippen LogP contribution in [0.3, 0.4) is 0 Å². The zero-order valence-corrected chi connectivity index (χ0v) is 16.6. The molecule has 150 valence electrons. The van der Waals surface area contributed by atoms with Gasteiger partial charge in [0.1, 0.15) is 0 Å². The molecule has 0 amide bonds. The molecule has 2 aromatic rings. The van der Waals surface area contributed by atoms with Crippen molar-refractivity contribution in [2.45, 2.75) is 38.9 Å². The predicted octanol–water partition coefficient (Wildman–Crippen LogP) is 6.64. The summed E-state index contributed by atoms with van der Waals surface area (Å²) >= 11 is 0. The molecule has 0 N–H and O–H groups in total. The van der Waals surface area contributed by atoms with Crippen LogP contribution in [0.25, 0.3) is 10.9 Å². The lowest BCUT2D eigenvalue weighted by Crippen LogP contribution is -2.32. The minimum Gasteiger partial charge on any atom is -0.340 e. The summed E-state index contributed by atoms with van der Waals surface area (Å²) in [6, 6.07) is 6.32. The molecule has 0 spiro atoms. The van der Waals surface area contributed by atoms with Crippen LogP contribution in [0.4, 0.5) is 13.2 Å². The van der Waals surface area contributed by atoms with Gasteiger partial charge in [0.05, 0.1) is 5.92 Å². The Labute approximate surface area is 168 Å². The number of aromatic nitrogens is 1. The van der Waals surface area contributed by atoms with E-state index in [0.29, 0.717) is 24.0 Å². The Hall–Kier alpha value is -2.49. The summed E-state index contributed by atoms with van der Waals surface area (Å²) in [5.41, 5.74) is 5.18. The highest BCUT2D eigenvalue weighted by molar-refractivity contribution is 5.88. The van der Waals surface area contributed by atoms with Crippen molar-refractivity contribution in [2.24, 2.45) is 17.8 Å². The van der Waals surface area contributed by atoms with Crippen LogP contribution in [0.15, 0.2) is 66.3 Å². The zero-order valence-electron chi connectivity index (χ0n) is 16.6. The highest BCUT2D eigenvalue weighted by Crippen LogP contribution is 2.48. The van der Waals surface area contributed by atoms with Crippen LogP contribution in [-0.4, -0.2) is 10.7 Å². The van der Waals surface area contributed by atoms with Gasteiger partial charge in [0.25, 0.3) is 0 Å². The number of aryl methyl sites for hydroxylation is 1. The van der Waals surface area contributed by atoms with Gasteiger partial charge < -0.3 is 4.57 Å². The fraction of sp³-hybridized carbons (Fsp3) is 0.360. The van der Waals surface area contributed by atoms with Gasteiger partial charge in [-0.2, -0.15) is 13.2 Å². The van der Waals surface area contributed by atoms with Gasteiger partial charge in [-0.25, -0.2) is 0 Å². The number of nitrogens with zero attached hydrogens (tertiary/aromatic N) is 1. The lowest BCUT2D eigenvalue weighted by molar-refractivity contribution is -0.173. The average Bonchev–Trinajstić information content (AvgIpc) is 3.16. The number of hydrogen-bond acceptors (Lipinski definition) is 0. The third-order valence-electron chi connectivity index (χ3n) is 6.72. The third-order valence-corrected chi connectivity index (χ3v) is 6.72. The van der Waals surface area contributed by atoms with Gasteiger partial charge in [-0.1, -0.05) is 61.1 Å². The third kappa shape index (κ3) is 2.92. The van der Waals surface area contributed by atoms with Gasteiger partial charge in [-0.3, -0.25) is 0 Å². The van der Waals surface area contributed by atoms with E-state index >= 15 is 0 Å². The quantitative estimate of drug-likeness (QED) is 0.537. The van der Waals surface area contributed by atoms with E-state index in [-0.39, 0.29) is 0 Å². The number of fused-ring (bicyclic) bond motifs is 5. The summed E-state index contributed by atoms with van der Waals surface area (Å²) in [5.74, 6) is -1.24. The summed E-state index contributed by atoms with van der Waals surface area (Å²) in [5, 5.41) is 1.19. The van der Waals surface area contributed by atoms with E-state index in [2.05, 4.69) is 54.0 Å². The Kier molecular flexibility index (Phi) is 4.16. The van der Waals surface area contributed by atoms with Crippen LogP contribution in [0, 0.1) is 24.7 Å². The first kappa shape index (κ1) is 18.5. The molecule has 4 atom stereocenters. The number of rotatable bonds is 2. The summed E-state index contributed by atoms with van der Waals surface area (Å²) in [4.78, 5) is 0. The van der Waals surface area contributed by atoms with E-state index < -0.39 is 18.0 Å². The fourth-order valence-corrected chi connectivity index (χ4v) is 5.45. The largest absolute Gasteiger partial charge is 0.396 e. The molecule has 0 radical (unpaired) electrons. The van der Waals surface area contributed by atoms with E-state index in [1.54, 1.807) is 25.2 Å². The van der Waals surface area contributed by atoms with Crippen LogP contribution in [0.2, 0.25) is 0 Å². The second-order valence-corrected chi connectivity index (χ2v) is 8.64. The maximum atomic E-state index is 13.9. The number of halogens is 3. The predicted molar refractivity (Wildman–Crippen MR) is 111 cm³/mol. The number of hydrogen-bond donors (Lipinski definition) is 0. The molecule has 1 nitrogen and oxygen atoms in total. The highest BCUT2D eigenvalue weighted by Gasteiger charge is 2.45. The second-order valence-electron chi connectivity index (χ2n) is 8.64. The van der Waals surface area contributed by atoms with E-state index in [1.807, 2.05) is 0 Å². The van der Waals surface area contributed by atoms with Crippen LogP contribution in [-0.2, 0) is 13.0 Å². The van der Waals surface area contributed by atoms with Crippen molar-refractivity contribution in [2.75, 3.05) is 0 Å². The molecule has 29 heavy (non-hydrogen) atoms. The molecule has 1 aromatic heterocycles. The van der Waals surface area contributed by atoms with E-state index in [1.165, 1.54) is 22.2 Å². The van der Waals surface area contributed by atoms with Gasteiger partial charge in [0.2, 0.25) is 0 Å². The Morgan fingerprint density at radius 1 is 1.07 bits per heavy atom. The second kappa shape index (κ2) is 6.51. The van der Waals surface area contributed by atoms with Crippen molar-refractivity contribution in [3.8, 4) is 0 Å². The van der Waals surface area contributed by atoms with Crippen molar-refractivity contribution in [3.63, 3.8) is 0 Å². The molecule has 1 heterocycles. The van der Waals surface area contributed by atoms with Gasteiger partial charge in [0, 0.05) is 29.1 Å². The summed E-state index contributed by atoms with van der Waals surface area (Å²) in [6.45, 7) is 4.02. The van der Waals surface area contributed by atoms with Gasteiger partial charge in [0.15, 0.2) is 0 Å². The zero-order chi connectivity index (χ0) is 20.3. The lowest BCUT2D eigenvalue weighted by atomic mass is 9.82. The Balaban J connectivity index is 1.65. The SMILES string of the molecule is Cc1ccc2c(c1)c1c(n2CC2=CC=CC(C)C2C(F)(F)F)CC2C=CC=CC12. The van der Waals surface area contributed by atoms with Crippen molar-refractivity contribution in [3.05, 3.63) is 83.1 Å². The molecule has 0 saturated heterocycles. The first-order valence-electron chi connectivity index (χ1n) is 10.2. The summed E-state index contributed by atoms with van der Waals surface area (Å²) in [6.07, 6.45) is 10.4. The molecule has 0 saturated carbocycles. The fourth-order valence-electron chi connectivity index (χ4n) is 5.45. The number of alkyl halides is 3. The van der Waals surface area contributed by atoms with E-state index in [4.69, 9.17) is 0 Å². The molecule has 0 fully saturated rings. The minimum atomic E-state index is -4.24. The van der Waals surface area contributed by atoms with Crippen molar-refractivity contribution >= 4 is 10.9 Å². The van der Waals surface area contributed by atoms with Crippen molar-refractivity contribution < 1.29 is 13.2 Å². The minimum absolute atomic E-state index is 0.292. The monoisotopic (exact) mass is 395 g/mol. The van der Waals surface area contributed by atoms with Gasteiger partial charge >= 0.3 is 6.18 Å². The van der Waals surface area contributed by atoms with Crippen LogP contribution in [0.5, 0.6) is 0 Å². The van der Waals surface area contributed by atoms with E-state index in [9.17, 15) is 13.2 Å². The first-order valence-corrected chi connectivity index (χ1v) is 10.2. The molecule has 1 aromatic carbocycles. The van der Waals surface area contributed by atoms with E-state index in [0.717, 1.165) is 11.9 Å². The molecular formula is C25H24F3N. The molecule has 4 heteroatoms. The average molecular weight is 395 g/mol. The molecule has 3 aliphatic carbocycles. The van der Waals surface area contributed by atoms with Gasteiger partial charge in [-0.15, -0.1) is 0 Å². The normalized spacial score (nSPS) is 28.0. The van der Waals surface area contributed by atoms with Crippen molar-refractivity contribution in [1.82, 2.24) is 4.57 Å². The first-order chi connectivity index (χ1) is 13.8. The summed E-state index contributed by atoms with van der Waals surface area (Å²) < 4.78 is 43.7. The number of allylic oxidation sites excluding steroid dienone is 8. The molecule has 0 bridgehead atoms. The standard InChI is InChI=1S/C25H24F3N/c1-15-10-11-21-20(12-15)23-19-9-4-3-7-17(19)13-22(23)29(21)14-18-8-5-6-16(2)24(18)25(26,27)28/h3-12,16-17,19,24H,13-14H2,1-2H3. The molecule has 5 rings (SSSR count). The Morgan fingerprint density at radius 3 is 2.66 bits per heavy atom. The smallest absolute Gasteiger partial charge is 0.340 e. The number of benzene rings is 1. The molecular weight excluding hydrogens is 371 g/mol. The Bertz CT molecular complexity index is 1090. The molecule has 3 aliphatic rings. The molecule has 0 aliphatic heterocycles. The molecule has 4 unspecified atom stereocenters. The lowest BCUT2D eigenvalue weighted by Gasteiger charge is -2.30.